The molecule has 2 heterocycles. The summed E-state index contributed by atoms with van der Waals surface area (Å²) in [5.41, 5.74) is 0. The number of carbonyl (C=O) groups is 1. The Morgan fingerprint density at radius 3 is 2.22 bits per heavy atom. The van der Waals surface area contributed by atoms with Crippen molar-refractivity contribution in [1.29, 1.82) is 0 Å². The van der Waals surface area contributed by atoms with E-state index in [0.717, 1.165) is 38.0 Å². The molecule has 0 spiro atoms. The standard InChI is InChI=1S/C15H26N2O/c18-15(16-9-4-1-5-10-16)17-11-8-13-6-2-3-7-14(13)12-17/h13-14H,1-12H2. The van der Waals surface area contributed by atoms with Crippen molar-refractivity contribution in [2.45, 2.75) is 51.4 Å². The molecule has 2 amide bonds. The van der Waals surface area contributed by atoms with Crippen LogP contribution in [0.5, 0.6) is 0 Å². The zero-order chi connectivity index (χ0) is 12.4. The average molecular weight is 250 g/mol. The van der Waals surface area contributed by atoms with E-state index in [-0.39, 0.29) is 0 Å². The Balaban J connectivity index is 1.57. The van der Waals surface area contributed by atoms with Crippen molar-refractivity contribution in [3.05, 3.63) is 0 Å². The largest absolute Gasteiger partial charge is 0.325 e. The van der Waals surface area contributed by atoms with E-state index < -0.39 is 0 Å². The first-order valence-electron chi connectivity index (χ1n) is 7.88. The number of urea groups is 1. The van der Waals surface area contributed by atoms with Crippen LogP contribution < -0.4 is 0 Å². The first-order chi connectivity index (χ1) is 8.84. The molecule has 2 unspecified atom stereocenters. The molecule has 18 heavy (non-hydrogen) atoms. The quantitative estimate of drug-likeness (QED) is 0.648. The fourth-order valence-corrected chi connectivity index (χ4v) is 4.06. The lowest BCUT2D eigenvalue weighted by Gasteiger charge is -2.43. The van der Waals surface area contributed by atoms with Crippen LogP contribution in [0.4, 0.5) is 4.79 Å². The van der Waals surface area contributed by atoms with Crippen LogP contribution in [0, 0.1) is 11.8 Å². The van der Waals surface area contributed by atoms with E-state index in [2.05, 4.69) is 9.80 Å². The van der Waals surface area contributed by atoms with Gasteiger partial charge >= 0.3 is 6.03 Å². The summed E-state index contributed by atoms with van der Waals surface area (Å²) in [4.78, 5) is 16.7. The van der Waals surface area contributed by atoms with Crippen LogP contribution in [-0.2, 0) is 0 Å². The molecule has 2 atom stereocenters. The van der Waals surface area contributed by atoms with Crippen LogP contribution in [0.2, 0.25) is 0 Å². The molecule has 3 fully saturated rings. The number of piperidine rings is 2. The van der Waals surface area contributed by atoms with Crippen molar-refractivity contribution in [1.82, 2.24) is 9.80 Å². The fraction of sp³-hybridized carbons (Fsp3) is 0.933. The molecule has 102 valence electrons. The zero-order valence-electron chi connectivity index (χ0n) is 11.4. The highest BCUT2D eigenvalue weighted by Gasteiger charge is 2.34. The van der Waals surface area contributed by atoms with Crippen molar-refractivity contribution < 1.29 is 4.79 Å². The number of carbonyl (C=O) groups excluding carboxylic acids is 1. The van der Waals surface area contributed by atoms with Gasteiger partial charge in [0.25, 0.3) is 0 Å². The summed E-state index contributed by atoms with van der Waals surface area (Å²) in [6, 6.07) is 0.332. The average Bonchev–Trinajstić information content (AvgIpc) is 2.47. The maximum Gasteiger partial charge on any atom is 0.320 e. The minimum Gasteiger partial charge on any atom is -0.325 e. The molecular formula is C15H26N2O. The minimum absolute atomic E-state index is 0.332. The molecular weight excluding hydrogens is 224 g/mol. The van der Waals surface area contributed by atoms with Crippen molar-refractivity contribution in [2.24, 2.45) is 11.8 Å². The Morgan fingerprint density at radius 2 is 1.44 bits per heavy atom. The summed E-state index contributed by atoms with van der Waals surface area (Å²) < 4.78 is 0. The zero-order valence-corrected chi connectivity index (χ0v) is 11.4. The summed E-state index contributed by atoms with van der Waals surface area (Å²) in [7, 11) is 0. The van der Waals surface area contributed by atoms with Gasteiger partial charge in [0.1, 0.15) is 0 Å². The first-order valence-corrected chi connectivity index (χ1v) is 7.88. The summed E-state index contributed by atoms with van der Waals surface area (Å²) in [5, 5.41) is 0. The number of hydrogen-bond acceptors (Lipinski definition) is 1. The highest BCUT2D eigenvalue weighted by molar-refractivity contribution is 5.74. The van der Waals surface area contributed by atoms with E-state index in [4.69, 9.17) is 0 Å². The molecule has 0 aromatic heterocycles. The van der Waals surface area contributed by atoms with E-state index >= 15 is 0 Å². The SMILES string of the molecule is O=C(N1CCCCC1)N1CCC2CCCCC2C1. The van der Waals surface area contributed by atoms with Crippen molar-refractivity contribution in [3.63, 3.8) is 0 Å². The molecule has 0 aromatic rings. The van der Waals surface area contributed by atoms with E-state index in [1.807, 2.05) is 0 Å². The molecule has 0 N–H and O–H groups in total. The van der Waals surface area contributed by atoms with E-state index in [1.54, 1.807) is 0 Å². The number of rotatable bonds is 0. The highest BCUT2D eigenvalue weighted by Crippen LogP contribution is 2.36. The van der Waals surface area contributed by atoms with Gasteiger partial charge in [-0.25, -0.2) is 4.79 Å². The van der Waals surface area contributed by atoms with Gasteiger partial charge in [-0.05, 0) is 43.9 Å². The van der Waals surface area contributed by atoms with Gasteiger partial charge in [-0.1, -0.05) is 19.3 Å². The Morgan fingerprint density at radius 1 is 0.722 bits per heavy atom. The third-order valence-corrected chi connectivity index (χ3v) is 5.19. The molecule has 2 saturated heterocycles. The Bertz CT molecular complexity index is 299. The first kappa shape index (κ1) is 12.3. The molecule has 3 nitrogen and oxygen atoms in total. The summed E-state index contributed by atoms with van der Waals surface area (Å²) >= 11 is 0. The van der Waals surface area contributed by atoms with E-state index in [0.29, 0.717) is 6.03 Å². The number of fused-ring (bicyclic) bond motifs is 1. The molecule has 3 rings (SSSR count). The van der Waals surface area contributed by atoms with Crippen molar-refractivity contribution in [3.8, 4) is 0 Å². The predicted octanol–water partition coefficient (Wildman–Crippen LogP) is 3.10. The van der Waals surface area contributed by atoms with Gasteiger partial charge in [-0.15, -0.1) is 0 Å². The molecule has 1 saturated carbocycles. The number of hydrogen-bond donors (Lipinski definition) is 0. The Labute approximate surface area is 111 Å². The second-order valence-corrected chi connectivity index (χ2v) is 6.37. The van der Waals surface area contributed by atoms with E-state index in [1.165, 1.54) is 51.4 Å². The third kappa shape index (κ3) is 2.50. The van der Waals surface area contributed by atoms with Crippen LogP contribution in [0.25, 0.3) is 0 Å². The summed E-state index contributed by atoms with van der Waals surface area (Å²) in [5.74, 6) is 1.73. The second-order valence-electron chi connectivity index (χ2n) is 6.37. The fourth-order valence-electron chi connectivity index (χ4n) is 4.06. The normalized spacial score (nSPS) is 33.1. The predicted molar refractivity (Wildman–Crippen MR) is 72.5 cm³/mol. The summed E-state index contributed by atoms with van der Waals surface area (Å²) in [6.07, 6.45) is 10.5. The Hall–Kier alpha value is -0.730. The van der Waals surface area contributed by atoms with Crippen LogP contribution in [0.3, 0.4) is 0 Å². The Kier molecular flexibility index (Phi) is 3.76. The van der Waals surface area contributed by atoms with Gasteiger partial charge < -0.3 is 9.80 Å². The number of amides is 2. The van der Waals surface area contributed by atoms with Crippen LogP contribution in [0.1, 0.15) is 51.4 Å². The monoisotopic (exact) mass is 250 g/mol. The summed E-state index contributed by atoms with van der Waals surface area (Å²) in [6.45, 7) is 4.03. The van der Waals surface area contributed by atoms with Crippen LogP contribution in [0.15, 0.2) is 0 Å². The smallest absolute Gasteiger partial charge is 0.320 e. The topological polar surface area (TPSA) is 23.6 Å². The molecule has 3 heteroatoms. The number of nitrogens with zero attached hydrogens (tertiary/aromatic N) is 2. The maximum atomic E-state index is 12.5. The number of likely N-dealkylation sites (tertiary alicyclic amines) is 2. The van der Waals surface area contributed by atoms with Gasteiger partial charge in [-0.3, -0.25) is 0 Å². The van der Waals surface area contributed by atoms with Gasteiger partial charge in [-0.2, -0.15) is 0 Å². The highest BCUT2D eigenvalue weighted by atomic mass is 16.2. The molecule has 0 bridgehead atoms. The molecule has 2 aliphatic heterocycles. The minimum atomic E-state index is 0.332. The van der Waals surface area contributed by atoms with Gasteiger partial charge in [0.2, 0.25) is 0 Å². The van der Waals surface area contributed by atoms with Crippen LogP contribution >= 0.6 is 0 Å². The van der Waals surface area contributed by atoms with Gasteiger partial charge in [0.05, 0.1) is 0 Å². The van der Waals surface area contributed by atoms with Gasteiger partial charge in [0.15, 0.2) is 0 Å². The van der Waals surface area contributed by atoms with E-state index in [9.17, 15) is 4.79 Å². The molecule has 1 aliphatic carbocycles. The van der Waals surface area contributed by atoms with Crippen LogP contribution in [-0.4, -0.2) is 42.0 Å². The molecule has 3 aliphatic rings. The van der Waals surface area contributed by atoms with Crippen molar-refractivity contribution in [2.75, 3.05) is 26.2 Å². The molecule has 0 aromatic carbocycles. The molecule has 0 radical (unpaired) electrons. The second kappa shape index (κ2) is 5.50. The lowest BCUT2D eigenvalue weighted by atomic mass is 9.75. The van der Waals surface area contributed by atoms with Crippen molar-refractivity contribution >= 4 is 6.03 Å². The maximum absolute atomic E-state index is 12.5. The van der Waals surface area contributed by atoms with Gasteiger partial charge in [0, 0.05) is 26.2 Å². The lowest BCUT2D eigenvalue weighted by molar-refractivity contribution is 0.0801. The lowest BCUT2D eigenvalue weighted by Crippen LogP contribution is -2.51. The third-order valence-electron chi connectivity index (χ3n) is 5.19.